The molecule has 0 radical (unpaired) electrons. The van der Waals surface area contributed by atoms with E-state index in [1.807, 2.05) is 0 Å². The summed E-state index contributed by atoms with van der Waals surface area (Å²) in [4.78, 5) is 7.59. The molecule has 31 heavy (non-hydrogen) atoms. The van der Waals surface area contributed by atoms with Gasteiger partial charge in [-0.1, -0.05) is 37.8 Å². The van der Waals surface area contributed by atoms with Crippen molar-refractivity contribution in [2.75, 3.05) is 26.2 Å². The molecule has 176 valence electrons. The minimum absolute atomic E-state index is 0. The highest BCUT2D eigenvalue weighted by Gasteiger charge is 2.38. The van der Waals surface area contributed by atoms with Crippen LogP contribution in [0.3, 0.4) is 0 Å². The van der Waals surface area contributed by atoms with Crippen molar-refractivity contribution in [3.63, 3.8) is 0 Å². The van der Waals surface area contributed by atoms with E-state index in [0.29, 0.717) is 6.54 Å². The van der Waals surface area contributed by atoms with Crippen LogP contribution in [0, 0.1) is 0 Å². The van der Waals surface area contributed by atoms with Gasteiger partial charge in [-0.15, -0.1) is 24.0 Å². The van der Waals surface area contributed by atoms with E-state index in [4.69, 9.17) is 10.1 Å². The largest absolute Gasteiger partial charge is 0.357 e. The Kier molecular flexibility index (Phi) is 10.5. The summed E-state index contributed by atoms with van der Waals surface area (Å²) in [5, 5.41) is 12.1. The third-order valence-corrected chi connectivity index (χ3v) is 7.34. The molecule has 0 bridgehead atoms. The number of piperidine rings is 1. The normalized spacial score (nSPS) is 20.0. The molecule has 9 heteroatoms. The van der Waals surface area contributed by atoms with Gasteiger partial charge in [0, 0.05) is 18.6 Å². The first-order valence-corrected chi connectivity index (χ1v) is 12.9. The molecule has 1 aliphatic heterocycles. The van der Waals surface area contributed by atoms with Crippen molar-refractivity contribution in [1.29, 1.82) is 0 Å². The van der Waals surface area contributed by atoms with Crippen molar-refractivity contribution < 1.29 is 8.42 Å². The first-order chi connectivity index (χ1) is 14.4. The number of hydrogen-bond acceptors (Lipinski definition) is 4. The number of rotatable bonds is 7. The molecule has 1 saturated carbocycles. The van der Waals surface area contributed by atoms with Crippen LogP contribution in [0.25, 0.3) is 0 Å². The van der Waals surface area contributed by atoms with Crippen molar-refractivity contribution in [2.45, 2.75) is 75.3 Å². The van der Waals surface area contributed by atoms with Gasteiger partial charge in [0.25, 0.3) is 0 Å². The summed E-state index contributed by atoms with van der Waals surface area (Å²) in [6.45, 7) is 6.70. The molecule has 0 atom stereocenters. The number of nitrogens with zero attached hydrogens (tertiary/aromatic N) is 2. The van der Waals surface area contributed by atoms with Crippen molar-refractivity contribution >= 4 is 40.0 Å². The average Bonchev–Trinajstić information content (AvgIpc) is 2.76. The van der Waals surface area contributed by atoms with Gasteiger partial charge in [-0.25, -0.2) is 18.5 Å². The predicted octanol–water partition coefficient (Wildman–Crippen LogP) is 3.20. The number of nitrogens with one attached hydrogen (secondary N) is 2. The van der Waals surface area contributed by atoms with Gasteiger partial charge in [0.05, 0.1) is 11.4 Å². The molecule has 0 aromatic heterocycles. The maximum Gasteiger partial charge on any atom is 0.238 e. The molecule has 0 amide bonds. The van der Waals surface area contributed by atoms with E-state index < -0.39 is 10.0 Å². The van der Waals surface area contributed by atoms with E-state index in [1.165, 1.54) is 76.6 Å². The Labute approximate surface area is 204 Å². The predicted molar refractivity (Wildman–Crippen MR) is 137 cm³/mol. The zero-order chi connectivity index (χ0) is 21.5. The summed E-state index contributed by atoms with van der Waals surface area (Å²) in [6, 6.07) is 6.61. The Hall–Kier alpha value is -0.910. The van der Waals surface area contributed by atoms with Crippen molar-refractivity contribution in [3.8, 4) is 0 Å². The third kappa shape index (κ3) is 7.57. The van der Waals surface area contributed by atoms with Crippen LogP contribution in [0.4, 0.5) is 0 Å². The highest BCUT2D eigenvalue weighted by molar-refractivity contribution is 14.0. The molecule has 7 nitrogen and oxygen atoms in total. The number of primary sulfonamides is 1. The second kappa shape index (κ2) is 12.4. The summed E-state index contributed by atoms with van der Waals surface area (Å²) in [5.41, 5.74) is 1.19. The minimum atomic E-state index is -3.66. The number of hydrogen-bond donors (Lipinski definition) is 3. The minimum Gasteiger partial charge on any atom is -0.357 e. The highest BCUT2D eigenvalue weighted by Crippen LogP contribution is 2.35. The number of sulfonamides is 1. The van der Waals surface area contributed by atoms with E-state index in [2.05, 4.69) is 22.5 Å². The lowest BCUT2D eigenvalue weighted by Gasteiger charge is -2.48. The summed E-state index contributed by atoms with van der Waals surface area (Å²) >= 11 is 0. The van der Waals surface area contributed by atoms with Gasteiger partial charge in [0.2, 0.25) is 10.0 Å². The van der Waals surface area contributed by atoms with Crippen LogP contribution in [-0.4, -0.2) is 51.0 Å². The summed E-state index contributed by atoms with van der Waals surface area (Å²) < 4.78 is 22.8. The van der Waals surface area contributed by atoms with Gasteiger partial charge in [-0.3, -0.25) is 4.90 Å². The van der Waals surface area contributed by atoms with Crippen LogP contribution in [-0.2, 0) is 16.6 Å². The Morgan fingerprint density at radius 3 is 2.23 bits per heavy atom. The maximum atomic E-state index is 11.4. The monoisotopic (exact) mass is 563 g/mol. The van der Waals surface area contributed by atoms with E-state index in [9.17, 15) is 8.42 Å². The standard InChI is InChI=1S/C22H37N5O2S.HI/c1-2-24-21(25-17-19-9-11-20(12-10-19)30(23,28)29)26-18-22(13-5-3-6-14-22)27-15-7-4-8-16-27;/h9-12H,2-8,13-18H2,1H3,(H2,23,28,29)(H2,24,25,26);1H. The average molecular weight is 564 g/mol. The quantitative estimate of drug-likeness (QED) is 0.269. The fraction of sp³-hybridized carbons (Fsp3) is 0.682. The van der Waals surface area contributed by atoms with Gasteiger partial charge in [0.15, 0.2) is 5.96 Å². The van der Waals surface area contributed by atoms with Crippen molar-refractivity contribution in [1.82, 2.24) is 15.5 Å². The van der Waals surface area contributed by atoms with Gasteiger partial charge >= 0.3 is 0 Å². The molecule has 3 rings (SSSR count). The zero-order valence-corrected chi connectivity index (χ0v) is 21.8. The Balaban J connectivity index is 0.00000341. The number of halogens is 1. The van der Waals surface area contributed by atoms with Gasteiger partial charge < -0.3 is 10.6 Å². The fourth-order valence-corrected chi connectivity index (χ4v) is 5.24. The highest BCUT2D eigenvalue weighted by atomic mass is 127. The van der Waals surface area contributed by atoms with Gasteiger partial charge in [-0.2, -0.15) is 0 Å². The van der Waals surface area contributed by atoms with E-state index in [-0.39, 0.29) is 34.4 Å². The Bertz CT molecular complexity index is 802. The Morgan fingerprint density at radius 2 is 1.65 bits per heavy atom. The number of benzene rings is 1. The van der Waals surface area contributed by atoms with Crippen LogP contribution >= 0.6 is 24.0 Å². The SMILES string of the molecule is CCNC(=NCc1ccc(S(N)(=O)=O)cc1)NCC1(N2CCCCC2)CCCCC1.I. The van der Waals surface area contributed by atoms with Gasteiger partial charge in [0.1, 0.15) is 0 Å². The van der Waals surface area contributed by atoms with E-state index in [1.54, 1.807) is 12.1 Å². The van der Waals surface area contributed by atoms with Crippen LogP contribution in [0.15, 0.2) is 34.2 Å². The first-order valence-electron chi connectivity index (χ1n) is 11.3. The van der Waals surface area contributed by atoms with Crippen LogP contribution in [0.5, 0.6) is 0 Å². The lowest BCUT2D eigenvalue weighted by Crippen LogP contribution is -2.59. The smallest absolute Gasteiger partial charge is 0.238 e. The molecular formula is C22H38IN5O2S. The second-order valence-electron chi connectivity index (χ2n) is 8.57. The van der Waals surface area contributed by atoms with Crippen LogP contribution in [0.2, 0.25) is 0 Å². The lowest BCUT2D eigenvalue weighted by atomic mass is 9.79. The molecule has 2 fully saturated rings. The van der Waals surface area contributed by atoms with E-state index >= 15 is 0 Å². The first kappa shape index (κ1) is 26.3. The molecule has 1 saturated heterocycles. The number of aliphatic imine (C=N–C) groups is 1. The Morgan fingerprint density at radius 1 is 1.03 bits per heavy atom. The zero-order valence-electron chi connectivity index (χ0n) is 18.6. The van der Waals surface area contributed by atoms with Crippen molar-refractivity contribution in [2.24, 2.45) is 10.1 Å². The number of nitrogens with two attached hydrogens (primary N) is 1. The van der Waals surface area contributed by atoms with E-state index in [0.717, 1.165) is 24.6 Å². The summed E-state index contributed by atoms with van der Waals surface area (Å²) in [5.74, 6) is 0.815. The molecule has 2 aliphatic rings. The fourth-order valence-electron chi connectivity index (χ4n) is 4.73. The molecule has 1 heterocycles. The molecule has 1 aliphatic carbocycles. The summed E-state index contributed by atoms with van der Waals surface area (Å²) in [6.07, 6.45) is 10.5. The molecule has 0 unspecified atom stereocenters. The van der Waals surface area contributed by atoms with Crippen molar-refractivity contribution in [3.05, 3.63) is 29.8 Å². The molecular weight excluding hydrogens is 525 g/mol. The molecule has 0 spiro atoms. The topological polar surface area (TPSA) is 99.8 Å². The van der Waals surface area contributed by atoms with Gasteiger partial charge in [-0.05, 0) is 63.4 Å². The molecule has 1 aromatic carbocycles. The second-order valence-corrected chi connectivity index (χ2v) is 10.1. The molecule has 1 aromatic rings. The number of likely N-dealkylation sites (tertiary alicyclic amines) is 1. The van der Waals surface area contributed by atoms with Crippen LogP contribution in [0.1, 0.15) is 63.9 Å². The van der Waals surface area contributed by atoms with Crippen LogP contribution < -0.4 is 15.8 Å². The summed E-state index contributed by atoms with van der Waals surface area (Å²) in [7, 11) is -3.66. The lowest BCUT2D eigenvalue weighted by molar-refractivity contribution is 0.0368. The third-order valence-electron chi connectivity index (χ3n) is 6.41. The maximum absolute atomic E-state index is 11.4. The number of guanidine groups is 1. The molecule has 4 N–H and O–H groups in total.